The number of nitrogens with one attached hydrogen (secondary N) is 1. The molecule has 3 N–H and O–H groups in total. The van der Waals surface area contributed by atoms with E-state index in [0.717, 1.165) is 5.56 Å². The minimum absolute atomic E-state index is 0.129. The molecule has 1 atom stereocenters. The summed E-state index contributed by atoms with van der Waals surface area (Å²) in [4.78, 5) is 13.8. The molecule has 0 saturated heterocycles. The average Bonchev–Trinajstić information content (AvgIpc) is 2.05. The molecule has 64 valence electrons. The topological polar surface area (TPSA) is 58.9 Å². The molecule has 0 aliphatic carbocycles. The minimum atomic E-state index is -0.242. The molecule has 0 spiro atoms. The van der Waals surface area contributed by atoms with Crippen LogP contribution in [0.3, 0.4) is 0 Å². The van der Waals surface area contributed by atoms with Gasteiger partial charge in [-0.2, -0.15) is 0 Å². The summed E-state index contributed by atoms with van der Waals surface area (Å²) >= 11 is 0. The Morgan fingerprint density at radius 2 is 2.42 bits per heavy atom. The molecule has 1 heterocycles. The van der Waals surface area contributed by atoms with Crippen molar-refractivity contribution in [1.82, 2.24) is 4.98 Å². The predicted octanol–water partition coefficient (Wildman–Crippen LogP) is 1.04. The summed E-state index contributed by atoms with van der Waals surface area (Å²) in [7, 11) is 0. The molecule has 0 aliphatic rings. The minimum Gasteiger partial charge on any atom is -0.328 e. The maximum absolute atomic E-state index is 11.2. The smallest absolute Gasteiger partial charge is 0.252 e. The Balaban J connectivity index is 3.26. The Labute approximate surface area is 70.9 Å². The van der Waals surface area contributed by atoms with Crippen LogP contribution in [-0.2, 0) is 0 Å². The monoisotopic (exact) mass is 164 g/mol. The molecule has 1 aromatic rings. The molecule has 0 bridgehead atoms. The fourth-order valence-electron chi connectivity index (χ4n) is 0.975. The van der Waals surface area contributed by atoms with Gasteiger partial charge in [0.1, 0.15) is 0 Å². The van der Waals surface area contributed by atoms with Crippen molar-refractivity contribution in [3.05, 3.63) is 40.3 Å². The number of hydrogen-bond donors (Lipinski definition) is 2. The quantitative estimate of drug-likeness (QED) is 0.686. The summed E-state index contributed by atoms with van der Waals surface area (Å²) in [5.41, 5.74) is 6.92. The molecule has 3 nitrogen and oxygen atoms in total. The number of aromatic nitrogens is 1. The number of pyridine rings is 1. The number of aromatic amines is 1. The molecule has 0 radical (unpaired) electrons. The molecule has 3 heteroatoms. The van der Waals surface area contributed by atoms with Crippen molar-refractivity contribution < 1.29 is 0 Å². The molecule has 0 amide bonds. The van der Waals surface area contributed by atoms with Crippen molar-refractivity contribution in [2.24, 2.45) is 5.73 Å². The van der Waals surface area contributed by atoms with Crippen molar-refractivity contribution in [2.75, 3.05) is 0 Å². The fraction of sp³-hybridized carbons (Fsp3) is 0.222. The Bertz CT molecular complexity index is 339. The molecule has 0 saturated carbocycles. The van der Waals surface area contributed by atoms with Gasteiger partial charge in [-0.3, -0.25) is 4.79 Å². The first-order chi connectivity index (χ1) is 5.65. The van der Waals surface area contributed by atoms with Gasteiger partial charge in [0.2, 0.25) is 0 Å². The maximum Gasteiger partial charge on any atom is 0.252 e. The molecular weight excluding hydrogens is 152 g/mol. The second kappa shape index (κ2) is 3.36. The third kappa shape index (κ3) is 1.62. The van der Waals surface area contributed by atoms with Gasteiger partial charge in [-0.25, -0.2) is 0 Å². The van der Waals surface area contributed by atoms with E-state index in [1.807, 2.05) is 0 Å². The summed E-state index contributed by atoms with van der Waals surface area (Å²) in [6.45, 7) is 5.37. The summed E-state index contributed by atoms with van der Waals surface area (Å²) < 4.78 is 0. The largest absolute Gasteiger partial charge is 0.328 e. The van der Waals surface area contributed by atoms with E-state index in [1.165, 1.54) is 0 Å². The summed E-state index contributed by atoms with van der Waals surface area (Å²) in [6.07, 6.45) is 3.28. The first-order valence-electron chi connectivity index (χ1n) is 3.76. The van der Waals surface area contributed by atoms with Crippen molar-refractivity contribution >= 4 is 6.08 Å². The lowest BCUT2D eigenvalue weighted by atomic mass is 10.1. The van der Waals surface area contributed by atoms with E-state index in [0.29, 0.717) is 5.56 Å². The van der Waals surface area contributed by atoms with E-state index >= 15 is 0 Å². The van der Waals surface area contributed by atoms with Crippen LogP contribution in [-0.4, -0.2) is 4.98 Å². The summed E-state index contributed by atoms with van der Waals surface area (Å²) in [5, 5.41) is 0. The van der Waals surface area contributed by atoms with Gasteiger partial charge >= 0.3 is 0 Å². The highest BCUT2D eigenvalue weighted by atomic mass is 16.1. The average molecular weight is 164 g/mol. The van der Waals surface area contributed by atoms with Gasteiger partial charge in [0.05, 0.1) is 0 Å². The van der Waals surface area contributed by atoms with Crippen LogP contribution in [0, 0.1) is 0 Å². The Morgan fingerprint density at radius 1 is 1.75 bits per heavy atom. The first kappa shape index (κ1) is 8.74. The van der Waals surface area contributed by atoms with Gasteiger partial charge in [-0.15, -0.1) is 0 Å². The predicted molar refractivity (Wildman–Crippen MR) is 49.8 cm³/mol. The lowest BCUT2D eigenvalue weighted by Crippen LogP contribution is -2.19. The highest BCUT2D eigenvalue weighted by Gasteiger charge is 2.04. The molecular formula is C9H12N2O. The van der Waals surface area contributed by atoms with Gasteiger partial charge in [-0.05, 0) is 18.6 Å². The fourth-order valence-corrected chi connectivity index (χ4v) is 0.975. The summed E-state index contributed by atoms with van der Waals surface area (Å²) in [6, 6.07) is 1.50. The van der Waals surface area contributed by atoms with E-state index in [1.54, 1.807) is 25.3 Å². The van der Waals surface area contributed by atoms with Crippen molar-refractivity contribution in [2.45, 2.75) is 13.0 Å². The van der Waals surface area contributed by atoms with Gasteiger partial charge in [0.25, 0.3) is 5.56 Å². The molecule has 0 aliphatic heterocycles. The lowest BCUT2D eigenvalue weighted by molar-refractivity contribution is 0.799. The molecule has 12 heavy (non-hydrogen) atoms. The second-order valence-electron chi connectivity index (χ2n) is 2.71. The van der Waals surface area contributed by atoms with E-state index in [2.05, 4.69) is 11.6 Å². The van der Waals surface area contributed by atoms with Crippen LogP contribution in [0.1, 0.15) is 24.1 Å². The Kier molecular flexibility index (Phi) is 2.45. The van der Waals surface area contributed by atoms with Crippen molar-refractivity contribution in [1.29, 1.82) is 0 Å². The van der Waals surface area contributed by atoms with Crippen LogP contribution in [0.4, 0.5) is 0 Å². The molecule has 0 aromatic carbocycles. The number of nitrogens with two attached hydrogens (primary N) is 1. The van der Waals surface area contributed by atoms with Crippen LogP contribution in [0.15, 0.2) is 23.6 Å². The zero-order valence-electron chi connectivity index (χ0n) is 7.00. The second-order valence-corrected chi connectivity index (χ2v) is 2.71. The lowest BCUT2D eigenvalue weighted by Gasteiger charge is -2.03. The van der Waals surface area contributed by atoms with Gasteiger partial charge in [0, 0.05) is 17.8 Å². The van der Waals surface area contributed by atoms with E-state index in [-0.39, 0.29) is 11.6 Å². The number of rotatable bonds is 2. The van der Waals surface area contributed by atoms with Crippen LogP contribution in [0.5, 0.6) is 0 Å². The Hall–Kier alpha value is -1.35. The normalized spacial score (nSPS) is 12.5. The first-order valence-corrected chi connectivity index (χ1v) is 3.76. The molecule has 0 fully saturated rings. The molecule has 1 unspecified atom stereocenters. The van der Waals surface area contributed by atoms with Gasteiger partial charge in [-0.1, -0.05) is 12.7 Å². The van der Waals surface area contributed by atoms with E-state index < -0.39 is 0 Å². The number of H-pyrrole nitrogens is 1. The SMILES string of the molecule is C=Cc1c[nH]c(=O)c(C(C)N)c1. The molecule has 1 rings (SSSR count). The van der Waals surface area contributed by atoms with Crippen LogP contribution in [0.2, 0.25) is 0 Å². The third-order valence-electron chi connectivity index (χ3n) is 1.68. The summed E-state index contributed by atoms with van der Waals surface area (Å²) in [5.74, 6) is 0. The van der Waals surface area contributed by atoms with Crippen LogP contribution in [0.25, 0.3) is 6.08 Å². The van der Waals surface area contributed by atoms with Gasteiger partial charge in [0.15, 0.2) is 0 Å². The van der Waals surface area contributed by atoms with E-state index in [9.17, 15) is 4.79 Å². The van der Waals surface area contributed by atoms with E-state index in [4.69, 9.17) is 5.73 Å². The maximum atomic E-state index is 11.2. The third-order valence-corrected chi connectivity index (χ3v) is 1.68. The van der Waals surface area contributed by atoms with Crippen LogP contribution >= 0.6 is 0 Å². The zero-order valence-corrected chi connectivity index (χ0v) is 7.00. The standard InChI is InChI=1S/C9H12N2O/c1-3-7-4-8(6(2)10)9(12)11-5-7/h3-6H,1,10H2,2H3,(H,11,12). The highest BCUT2D eigenvalue weighted by molar-refractivity contribution is 5.46. The zero-order chi connectivity index (χ0) is 9.14. The Morgan fingerprint density at radius 3 is 2.92 bits per heavy atom. The molecule has 1 aromatic heterocycles. The van der Waals surface area contributed by atoms with Crippen molar-refractivity contribution in [3.63, 3.8) is 0 Å². The van der Waals surface area contributed by atoms with Gasteiger partial charge < -0.3 is 10.7 Å². The van der Waals surface area contributed by atoms with Crippen LogP contribution < -0.4 is 11.3 Å². The van der Waals surface area contributed by atoms with Crippen molar-refractivity contribution in [3.8, 4) is 0 Å². The highest BCUT2D eigenvalue weighted by Crippen LogP contribution is 2.06. The number of hydrogen-bond acceptors (Lipinski definition) is 2.